The van der Waals surface area contributed by atoms with Crippen LogP contribution in [0.3, 0.4) is 0 Å². The van der Waals surface area contributed by atoms with Gasteiger partial charge in [-0.2, -0.15) is 0 Å². The molecule has 2 aromatic heterocycles. The van der Waals surface area contributed by atoms with Gasteiger partial charge in [0.15, 0.2) is 0 Å². The SMILES string of the molecule is O=C(C1CCN(c2nccc3nc(NCc4ccccc4Cl)ncc23)CC1)N1CCCC1. The quantitative estimate of drug-likeness (QED) is 0.630. The van der Waals surface area contributed by atoms with Crippen LogP contribution in [0.2, 0.25) is 5.02 Å². The van der Waals surface area contributed by atoms with Crippen LogP contribution in [-0.2, 0) is 11.3 Å². The number of piperidine rings is 1. The van der Waals surface area contributed by atoms with Crippen LogP contribution in [0.25, 0.3) is 10.9 Å². The van der Waals surface area contributed by atoms with Crippen molar-refractivity contribution in [3.05, 3.63) is 53.3 Å². The van der Waals surface area contributed by atoms with Crippen molar-refractivity contribution in [3.63, 3.8) is 0 Å². The minimum atomic E-state index is 0.135. The number of benzene rings is 1. The number of carbonyl (C=O) groups is 1. The number of halogens is 1. The summed E-state index contributed by atoms with van der Waals surface area (Å²) in [6, 6.07) is 9.64. The third kappa shape index (κ3) is 4.35. The molecular formula is C24H27ClN6O. The van der Waals surface area contributed by atoms with E-state index < -0.39 is 0 Å². The fraction of sp³-hybridized carbons (Fsp3) is 0.417. The highest BCUT2D eigenvalue weighted by Gasteiger charge is 2.30. The van der Waals surface area contributed by atoms with Gasteiger partial charge in [-0.05, 0) is 43.4 Å². The van der Waals surface area contributed by atoms with Gasteiger partial charge in [-0.15, -0.1) is 0 Å². The Labute approximate surface area is 192 Å². The van der Waals surface area contributed by atoms with E-state index in [2.05, 4.69) is 25.2 Å². The summed E-state index contributed by atoms with van der Waals surface area (Å²) in [7, 11) is 0. The number of nitrogens with zero attached hydrogens (tertiary/aromatic N) is 5. The number of aromatic nitrogens is 3. The molecular weight excluding hydrogens is 424 g/mol. The van der Waals surface area contributed by atoms with Crippen molar-refractivity contribution in [1.29, 1.82) is 0 Å². The number of nitrogens with one attached hydrogen (secondary N) is 1. The molecule has 0 aliphatic carbocycles. The molecule has 2 aliphatic heterocycles. The van der Waals surface area contributed by atoms with Crippen molar-refractivity contribution in [2.75, 3.05) is 36.4 Å². The molecule has 1 N–H and O–H groups in total. The van der Waals surface area contributed by atoms with Crippen molar-refractivity contribution in [1.82, 2.24) is 19.9 Å². The molecule has 0 radical (unpaired) electrons. The molecule has 0 atom stereocenters. The number of pyridine rings is 1. The maximum atomic E-state index is 12.7. The van der Waals surface area contributed by atoms with E-state index in [-0.39, 0.29) is 5.92 Å². The summed E-state index contributed by atoms with van der Waals surface area (Å²) in [5.41, 5.74) is 1.85. The first kappa shape index (κ1) is 20.9. The van der Waals surface area contributed by atoms with Gasteiger partial charge in [0.05, 0.1) is 10.9 Å². The van der Waals surface area contributed by atoms with Crippen LogP contribution >= 0.6 is 11.6 Å². The molecule has 1 amide bonds. The Bertz CT molecular complexity index is 1110. The van der Waals surface area contributed by atoms with Gasteiger partial charge >= 0.3 is 0 Å². The average Bonchev–Trinajstić information content (AvgIpc) is 3.38. The van der Waals surface area contributed by atoms with Gasteiger partial charge < -0.3 is 15.1 Å². The maximum Gasteiger partial charge on any atom is 0.225 e. The van der Waals surface area contributed by atoms with Gasteiger partial charge in [0.2, 0.25) is 11.9 Å². The number of hydrogen-bond acceptors (Lipinski definition) is 6. The lowest BCUT2D eigenvalue weighted by molar-refractivity contribution is -0.135. The maximum absolute atomic E-state index is 12.7. The third-order valence-electron chi connectivity index (χ3n) is 6.44. The zero-order valence-electron chi connectivity index (χ0n) is 18.0. The van der Waals surface area contributed by atoms with Crippen molar-refractivity contribution in [2.24, 2.45) is 5.92 Å². The molecule has 5 rings (SSSR count). The summed E-state index contributed by atoms with van der Waals surface area (Å²) < 4.78 is 0. The molecule has 0 unspecified atom stereocenters. The monoisotopic (exact) mass is 450 g/mol. The van der Waals surface area contributed by atoms with E-state index in [0.29, 0.717) is 18.4 Å². The summed E-state index contributed by atoms with van der Waals surface area (Å²) in [4.78, 5) is 30.9. The van der Waals surface area contributed by atoms with E-state index in [9.17, 15) is 4.79 Å². The molecule has 2 fully saturated rings. The molecule has 0 saturated carbocycles. The Morgan fingerprint density at radius 1 is 1.06 bits per heavy atom. The Balaban J connectivity index is 1.27. The second-order valence-electron chi connectivity index (χ2n) is 8.50. The van der Waals surface area contributed by atoms with Crippen LogP contribution < -0.4 is 10.2 Å². The van der Waals surface area contributed by atoms with E-state index in [1.54, 1.807) is 6.20 Å². The molecule has 2 aliphatic rings. The van der Waals surface area contributed by atoms with Gasteiger partial charge in [0, 0.05) is 56.1 Å². The van der Waals surface area contributed by atoms with E-state index in [1.807, 2.05) is 41.4 Å². The first-order valence-electron chi connectivity index (χ1n) is 11.3. The van der Waals surface area contributed by atoms with Crippen LogP contribution in [-0.4, -0.2) is 51.9 Å². The predicted molar refractivity (Wildman–Crippen MR) is 127 cm³/mol. The van der Waals surface area contributed by atoms with E-state index >= 15 is 0 Å². The molecule has 0 bridgehead atoms. The van der Waals surface area contributed by atoms with Gasteiger partial charge in [0.1, 0.15) is 5.82 Å². The molecule has 1 aromatic carbocycles. The van der Waals surface area contributed by atoms with Crippen LogP contribution in [0, 0.1) is 5.92 Å². The Kier molecular flexibility index (Phi) is 6.08. The second kappa shape index (κ2) is 9.28. The molecule has 3 aromatic rings. The number of rotatable bonds is 5. The Hall–Kier alpha value is -2.93. The Morgan fingerprint density at radius 2 is 1.84 bits per heavy atom. The summed E-state index contributed by atoms with van der Waals surface area (Å²) in [5.74, 6) is 1.93. The second-order valence-corrected chi connectivity index (χ2v) is 8.91. The summed E-state index contributed by atoms with van der Waals surface area (Å²) in [6.45, 7) is 4.05. The Morgan fingerprint density at radius 3 is 2.62 bits per heavy atom. The van der Waals surface area contributed by atoms with Crippen LogP contribution in [0.1, 0.15) is 31.2 Å². The summed E-state index contributed by atoms with van der Waals surface area (Å²) in [5, 5.41) is 4.91. The van der Waals surface area contributed by atoms with Crippen molar-refractivity contribution in [2.45, 2.75) is 32.2 Å². The summed E-state index contributed by atoms with van der Waals surface area (Å²) >= 11 is 6.24. The van der Waals surface area contributed by atoms with E-state index in [4.69, 9.17) is 11.6 Å². The topological polar surface area (TPSA) is 74.2 Å². The number of likely N-dealkylation sites (tertiary alicyclic amines) is 1. The number of fused-ring (bicyclic) bond motifs is 1. The van der Waals surface area contributed by atoms with Crippen molar-refractivity contribution < 1.29 is 4.79 Å². The fourth-order valence-corrected chi connectivity index (χ4v) is 4.83. The van der Waals surface area contributed by atoms with Gasteiger partial charge in [-0.25, -0.2) is 15.0 Å². The van der Waals surface area contributed by atoms with Crippen LogP contribution in [0.4, 0.5) is 11.8 Å². The van der Waals surface area contributed by atoms with Gasteiger partial charge in [-0.3, -0.25) is 4.79 Å². The first-order chi connectivity index (χ1) is 15.7. The van der Waals surface area contributed by atoms with Crippen molar-refractivity contribution >= 4 is 40.2 Å². The number of hydrogen-bond donors (Lipinski definition) is 1. The highest BCUT2D eigenvalue weighted by molar-refractivity contribution is 6.31. The molecule has 2 saturated heterocycles. The number of carbonyl (C=O) groups excluding carboxylic acids is 1. The lowest BCUT2D eigenvalue weighted by atomic mass is 9.95. The summed E-state index contributed by atoms with van der Waals surface area (Å²) in [6.07, 6.45) is 7.64. The highest BCUT2D eigenvalue weighted by atomic mass is 35.5. The standard InChI is InChI=1S/C24H27ClN6O/c25-20-6-2-1-5-18(20)15-27-24-28-16-19-21(29-24)7-10-26-22(19)30-13-8-17(9-14-30)23(32)31-11-3-4-12-31/h1-2,5-7,10,16-17H,3-4,8-9,11-15H2,(H,27,28,29). The molecule has 0 spiro atoms. The molecule has 8 heteroatoms. The zero-order chi connectivity index (χ0) is 21.9. The average molecular weight is 451 g/mol. The molecule has 4 heterocycles. The van der Waals surface area contributed by atoms with E-state index in [0.717, 1.165) is 79.2 Å². The van der Waals surface area contributed by atoms with Crippen molar-refractivity contribution in [3.8, 4) is 0 Å². The highest BCUT2D eigenvalue weighted by Crippen LogP contribution is 2.29. The molecule has 7 nitrogen and oxygen atoms in total. The van der Waals surface area contributed by atoms with Gasteiger partial charge in [-0.1, -0.05) is 29.8 Å². The molecule has 32 heavy (non-hydrogen) atoms. The zero-order valence-corrected chi connectivity index (χ0v) is 18.8. The van der Waals surface area contributed by atoms with Crippen LogP contribution in [0.15, 0.2) is 42.7 Å². The normalized spacial score (nSPS) is 17.2. The minimum Gasteiger partial charge on any atom is -0.356 e. The predicted octanol–water partition coefficient (Wildman–Crippen LogP) is 4.13. The number of anilines is 2. The first-order valence-corrected chi connectivity index (χ1v) is 11.7. The lowest BCUT2D eigenvalue weighted by Crippen LogP contribution is -2.42. The third-order valence-corrected chi connectivity index (χ3v) is 6.81. The minimum absolute atomic E-state index is 0.135. The number of amides is 1. The largest absolute Gasteiger partial charge is 0.356 e. The van der Waals surface area contributed by atoms with Crippen LogP contribution in [0.5, 0.6) is 0 Å². The molecule has 166 valence electrons. The van der Waals surface area contributed by atoms with Gasteiger partial charge in [0.25, 0.3) is 0 Å². The smallest absolute Gasteiger partial charge is 0.225 e. The van der Waals surface area contributed by atoms with E-state index in [1.165, 1.54) is 0 Å². The fourth-order valence-electron chi connectivity index (χ4n) is 4.63. The lowest BCUT2D eigenvalue weighted by Gasteiger charge is -2.34.